The molecule has 0 saturated carbocycles. The summed E-state index contributed by atoms with van der Waals surface area (Å²) in [6.45, 7) is -0.230. The topological polar surface area (TPSA) is 66.8 Å². The molecule has 1 N–H and O–H groups in total. The number of methoxy groups -OCH3 is 1. The predicted molar refractivity (Wildman–Crippen MR) is 66.6 cm³/mol. The first-order chi connectivity index (χ1) is 8.60. The lowest BCUT2D eigenvalue weighted by Gasteiger charge is -2.38. The van der Waals surface area contributed by atoms with Crippen molar-refractivity contribution in [3.05, 3.63) is 24.3 Å². The highest BCUT2D eigenvalue weighted by molar-refractivity contribution is 8.00. The molecule has 0 aliphatic carbocycles. The maximum absolute atomic E-state index is 11.3. The molecule has 0 spiro atoms. The lowest BCUT2D eigenvalue weighted by atomic mass is 10.2. The third-order valence-electron chi connectivity index (χ3n) is 2.65. The maximum atomic E-state index is 11.3. The average molecular weight is 267 g/mol. The molecule has 2 rings (SSSR count). The van der Waals surface area contributed by atoms with Gasteiger partial charge < -0.3 is 14.7 Å². The van der Waals surface area contributed by atoms with Crippen molar-refractivity contribution in [3.8, 4) is 5.75 Å². The minimum Gasteiger partial charge on any atom is -0.497 e. The Labute approximate surface area is 109 Å². The number of carboxylic acids is 1. The van der Waals surface area contributed by atoms with Crippen LogP contribution in [0.3, 0.4) is 0 Å². The SMILES string of the molecule is COc1ccc(SC2CC(=O)N2CC(=O)O)cc1. The minimum atomic E-state index is -0.983. The number of thioether (sulfide) groups is 1. The van der Waals surface area contributed by atoms with Crippen molar-refractivity contribution < 1.29 is 19.4 Å². The van der Waals surface area contributed by atoms with Crippen LogP contribution in [0.2, 0.25) is 0 Å². The van der Waals surface area contributed by atoms with Gasteiger partial charge >= 0.3 is 5.97 Å². The minimum absolute atomic E-state index is 0.0815. The number of carbonyl (C=O) groups excluding carboxylic acids is 1. The maximum Gasteiger partial charge on any atom is 0.323 e. The number of hydrogen-bond acceptors (Lipinski definition) is 4. The van der Waals surface area contributed by atoms with E-state index in [1.807, 2.05) is 24.3 Å². The molecular weight excluding hydrogens is 254 g/mol. The third-order valence-corrected chi connectivity index (χ3v) is 3.89. The number of benzene rings is 1. The fourth-order valence-corrected chi connectivity index (χ4v) is 2.83. The number of likely N-dealkylation sites (tertiary alicyclic amines) is 1. The quantitative estimate of drug-likeness (QED) is 0.817. The summed E-state index contributed by atoms with van der Waals surface area (Å²) < 4.78 is 5.05. The van der Waals surface area contributed by atoms with Crippen LogP contribution in [0.25, 0.3) is 0 Å². The van der Waals surface area contributed by atoms with Gasteiger partial charge in [0, 0.05) is 4.90 Å². The molecule has 1 saturated heterocycles. The second-order valence-electron chi connectivity index (χ2n) is 3.87. The van der Waals surface area contributed by atoms with E-state index in [1.54, 1.807) is 7.11 Å². The molecule has 1 fully saturated rings. The largest absolute Gasteiger partial charge is 0.497 e. The van der Waals surface area contributed by atoms with Crippen LogP contribution < -0.4 is 4.74 Å². The van der Waals surface area contributed by atoms with Crippen molar-refractivity contribution in [2.75, 3.05) is 13.7 Å². The second kappa shape index (κ2) is 5.30. The van der Waals surface area contributed by atoms with Crippen LogP contribution in [0, 0.1) is 0 Å². The van der Waals surface area contributed by atoms with Crippen molar-refractivity contribution in [1.82, 2.24) is 4.90 Å². The first-order valence-corrected chi connectivity index (χ1v) is 6.30. The first-order valence-electron chi connectivity index (χ1n) is 5.42. The third kappa shape index (κ3) is 2.76. The van der Waals surface area contributed by atoms with Gasteiger partial charge in [0.2, 0.25) is 5.91 Å². The van der Waals surface area contributed by atoms with E-state index >= 15 is 0 Å². The molecule has 0 aromatic heterocycles. The predicted octanol–water partition coefficient (Wildman–Crippen LogP) is 1.43. The molecule has 1 aliphatic rings. The molecule has 0 radical (unpaired) electrons. The van der Waals surface area contributed by atoms with Gasteiger partial charge in [0.15, 0.2) is 0 Å². The van der Waals surface area contributed by atoms with E-state index in [2.05, 4.69) is 0 Å². The molecule has 96 valence electrons. The van der Waals surface area contributed by atoms with E-state index < -0.39 is 5.97 Å². The van der Waals surface area contributed by atoms with Crippen molar-refractivity contribution in [1.29, 1.82) is 0 Å². The van der Waals surface area contributed by atoms with E-state index in [4.69, 9.17) is 9.84 Å². The van der Waals surface area contributed by atoms with E-state index in [1.165, 1.54) is 16.7 Å². The van der Waals surface area contributed by atoms with Gasteiger partial charge in [0.05, 0.1) is 18.9 Å². The Hall–Kier alpha value is -1.69. The van der Waals surface area contributed by atoms with Gasteiger partial charge in [-0.3, -0.25) is 9.59 Å². The molecule has 6 heteroatoms. The number of hydrogen-bond donors (Lipinski definition) is 1. The molecule has 1 aliphatic heterocycles. The summed E-state index contributed by atoms with van der Waals surface area (Å²) in [5, 5.41) is 8.62. The summed E-state index contributed by atoms with van der Waals surface area (Å²) in [5.41, 5.74) is 0. The van der Waals surface area contributed by atoms with Crippen LogP contribution in [0.4, 0.5) is 0 Å². The number of rotatable bonds is 5. The zero-order valence-electron chi connectivity index (χ0n) is 9.83. The highest BCUT2D eigenvalue weighted by atomic mass is 32.2. The van der Waals surface area contributed by atoms with Gasteiger partial charge in [-0.15, -0.1) is 11.8 Å². The smallest absolute Gasteiger partial charge is 0.323 e. The van der Waals surface area contributed by atoms with E-state index in [0.717, 1.165) is 10.6 Å². The van der Waals surface area contributed by atoms with Crippen LogP contribution in [-0.2, 0) is 9.59 Å². The zero-order valence-corrected chi connectivity index (χ0v) is 10.6. The monoisotopic (exact) mass is 267 g/mol. The molecule has 1 unspecified atom stereocenters. The Morgan fingerprint density at radius 3 is 2.67 bits per heavy atom. The Morgan fingerprint density at radius 1 is 1.50 bits per heavy atom. The normalized spacial score (nSPS) is 18.4. The summed E-state index contributed by atoms with van der Waals surface area (Å²) >= 11 is 1.49. The first kappa shape index (κ1) is 12.8. The molecule has 1 aromatic carbocycles. The Bertz CT molecular complexity index is 460. The number of β-lactam (4-membered cyclic amide) rings is 1. The van der Waals surface area contributed by atoms with E-state index in [9.17, 15) is 9.59 Å². The molecule has 1 atom stereocenters. The zero-order chi connectivity index (χ0) is 13.1. The van der Waals surface area contributed by atoms with Gasteiger partial charge in [0.1, 0.15) is 12.3 Å². The Balaban J connectivity index is 1.96. The highest BCUT2D eigenvalue weighted by Crippen LogP contribution is 2.35. The fraction of sp³-hybridized carbons (Fsp3) is 0.333. The van der Waals surface area contributed by atoms with Gasteiger partial charge in [-0.1, -0.05) is 0 Å². The van der Waals surface area contributed by atoms with Crippen LogP contribution in [0.15, 0.2) is 29.2 Å². The summed E-state index contributed by atoms with van der Waals surface area (Å²) in [7, 11) is 1.60. The van der Waals surface area contributed by atoms with Gasteiger partial charge in [-0.25, -0.2) is 0 Å². The number of ether oxygens (including phenoxy) is 1. The molecule has 1 heterocycles. The summed E-state index contributed by atoms with van der Waals surface area (Å²) in [5.74, 6) is -0.321. The van der Waals surface area contributed by atoms with Crippen molar-refractivity contribution >= 4 is 23.6 Å². The summed E-state index contributed by atoms with van der Waals surface area (Å²) in [6.07, 6.45) is 0.393. The van der Waals surface area contributed by atoms with Crippen molar-refractivity contribution in [2.24, 2.45) is 0 Å². The van der Waals surface area contributed by atoms with Crippen LogP contribution in [0.1, 0.15) is 6.42 Å². The number of aliphatic carboxylic acids is 1. The van der Waals surface area contributed by atoms with Crippen LogP contribution in [-0.4, -0.2) is 40.9 Å². The van der Waals surface area contributed by atoms with Crippen LogP contribution >= 0.6 is 11.8 Å². The molecule has 18 heavy (non-hydrogen) atoms. The van der Waals surface area contributed by atoms with Gasteiger partial charge in [-0.2, -0.15) is 0 Å². The lowest BCUT2D eigenvalue weighted by molar-refractivity contribution is -0.151. The fourth-order valence-electron chi connectivity index (χ4n) is 1.68. The highest BCUT2D eigenvalue weighted by Gasteiger charge is 2.37. The van der Waals surface area contributed by atoms with E-state index in [0.29, 0.717) is 6.42 Å². The lowest BCUT2D eigenvalue weighted by Crippen LogP contribution is -2.52. The molecule has 1 aromatic rings. The Morgan fingerprint density at radius 2 is 2.17 bits per heavy atom. The summed E-state index contributed by atoms with van der Waals surface area (Å²) in [6, 6.07) is 7.46. The Kier molecular flexibility index (Phi) is 3.76. The van der Waals surface area contributed by atoms with Gasteiger partial charge in [0.25, 0.3) is 0 Å². The number of nitrogens with zero attached hydrogens (tertiary/aromatic N) is 1. The molecule has 0 bridgehead atoms. The second-order valence-corrected chi connectivity index (χ2v) is 5.12. The number of carbonyl (C=O) groups is 2. The average Bonchev–Trinajstić information content (AvgIpc) is 2.36. The molecular formula is C12H13NO4S. The number of carboxylic acid groups (broad SMARTS) is 1. The molecule has 5 nitrogen and oxygen atoms in total. The summed E-state index contributed by atoms with van der Waals surface area (Å²) in [4.78, 5) is 24.3. The number of amides is 1. The standard InChI is InChI=1S/C12H13NO4S/c1-17-8-2-4-9(5-3-8)18-11-6-10(14)13(11)7-12(15)16/h2-5,11H,6-7H2,1H3,(H,15,16). The molecule has 1 amide bonds. The van der Waals surface area contributed by atoms with Crippen LogP contribution in [0.5, 0.6) is 5.75 Å². The van der Waals surface area contributed by atoms with Gasteiger partial charge in [-0.05, 0) is 24.3 Å². The van der Waals surface area contributed by atoms with Crippen molar-refractivity contribution in [2.45, 2.75) is 16.7 Å². The van der Waals surface area contributed by atoms with E-state index in [-0.39, 0.29) is 17.8 Å². The van der Waals surface area contributed by atoms with Crippen molar-refractivity contribution in [3.63, 3.8) is 0 Å².